The number of amides is 2. The zero-order valence-corrected chi connectivity index (χ0v) is 11.7. The standard InChI is InChI=1S/C16H21NO2/c1-10(2)15-13(9-14(18)17-16(15)19)11(3)12-7-5-4-6-8-12/h4-8,10-11,13,15H,9H2,1-3H3,(H,17,18,19). The first kappa shape index (κ1) is 13.8. The minimum atomic E-state index is -0.144. The Hall–Kier alpha value is -1.64. The zero-order chi connectivity index (χ0) is 14.0. The third-order valence-corrected chi connectivity index (χ3v) is 4.13. The molecule has 0 radical (unpaired) electrons. The first-order valence-corrected chi connectivity index (χ1v) is 6.89. The summed E-state index contributed by atoms with van der Waals surface area (Å²) in [5.41, 5.74) is 1.20. The minimum absolute atomic E-state index is 0.0867. The van der Waals surface area contributed by atoms with Gasteiger partial charge in [-0.25, -0.2) is 0 Å². The highest BCUT2D eigenvalue weighted by Gasteiger charge is 2.40. The van der Waals surface area contributed by atoms with E-state index in [0.29, 0.717) is 6.42 Å². The Morgan fingerprint density at radius 1 is 1.11 bits per heavy atom. The summed E-state index contributed by atoms with van der Waals surface area (Å²) in [4.78, 5) is 23.7. The van der Waals surface area contributed by atoms with Crippen LogP contribution >= 0.6 is 0 Å². The van der Waals surface area contributed by atoms with Gasteiger partial charge in [0.05, 0.1) is 0 Å². The topological polar surface area (TPSA) is 46.2 Å². The second-order valence-corrected chi connectivity index (χ2v) is 5.75. The molecule has 2 rings (SSSR count). The van der Waals surface area contributed by atoms with Crippen molar-refractivity contribution < 1.29 is 9.59 Å². The van der Waals surface area contributed by atoms with Gasteiger partial charge in [-0.3, -0.25) is 14.9 Å². The van der Waals surface area contributed by atoms with Crippen LogP contribution in [-0.2, 0) is 9.59 Å². The van der Waals surface area contributed by atoms with Crippen LogP contribution in [0.3, 0.4) is 0 Å². The van der Waals surface area contributed by atoms with Crippen LogP contribution in [0.1, 0.15) is 38.7 Å². The predicted molar refractivity (Wildman–Crippen MR) is 74.4 cm³/mol. The second-order valence-electron chi connectivity index (χ2n) is 5.75. The van der Waals surface area contributed by atoms with Gasteiger partial charge in [-0.05, 0) is 23.3 Å². The maximum atomic E-state index is 12.1. The summed E-state index contributed by atoms with van der Waals surface area (Å²) in [6, 6.07) is 10.1. The average Bonchev–Trinajstić information content (AvgIpc) is 2.37. The van der Waals surface area contributed by atoms with Gasteiger partial charge in [0.2, 0.25) is 11.8 Å². The van der Waals surface area contributed by atoms with Crippen LogP contribution in [0.15, 0.2) is 30.3 Å². The molecule has 102 valence electrons. The molecule has 3 nitrogen and oxygen atoms in total. The first-order valence-electron chi connectivity index (χ1n) is 6.89. The van der Waals surface area contributed by atoms with E-state index in [4.69, 9.17) is 0 Å². The van der Waals surface area contributed by atoms with Crippen molar-refractivity contribution in [1.82, 2.24) is 5.32 Å². The molecule has 2 amide bonds. The van der Waals surface area contributed by atoms with Crippen LogP contribution < -0.4 is 5.32 Å². The lowest BCUT2D eigenvalue weighted by Gasteiger charge is -2.36. The summed E-state index contributed by atoms with van der Waals surface area (Å²) in [7, 11) is 0. The molecule has 1 aliphatic heterocycles. The molecule has 1 aromatic carbocycles. The summed E-state index contributed by atoms with van der Waals surface area (Å²) in [6.45, 7) is 6.21. The molecular weight excluding hydrogens is 238 g/mol. The van der Waals surface area contributed by atoms with Crippen LogP contribution in [0.25, 0.3) is 0 Å². The van der Waals surface area contributed by atoms with E-state index in [9.17, 15) is 9.59 Å². The molecule has 1 N–H and O–H groups in total. The molecule has 0 aliphatic carbocycles. The van der Waals surface area contributed by atoms with Crippen molar-refractivity contribution in [1.29, 1.82) is 0 Å². The van der Waals surface area contributed by atoms with Crippen molar-refractivity contribution in [3.63, 3.8) is 0 Å². The molecule has 0 aromatic heterocycles. The molecule has 0 saturated carbocycles. The molecule has 1 heterocycles. The summed E-state index contributed by atoms with van der Waals surface area (Å²) in [6.07, 6.45) is 0.435. The lowest BCUT2D eigenvalue weighted by Crippen LogP contribution is -2.49. The minimum Gasteiger partial charge on any atom is -0.296 e. The SMILES string of the molecule is CC(C)C1C(=O)NC(=O)CC1C(C)c1ccccc1. The maximum absolute atomic E-state index is 12.1. The van der Waals surface area contributed by atoms with Crippen molar-refractivity contribution in [3.8, 4) is 0 Å². The van der Waals surface area contributed by atoms with E-state index in [1.54, 1.807) is 0 Å². The lowest BCUT2D eigenvalue weighted by atomic mass is 9.70. The van der Waals surface area contributed by atoms with Crippen molar-refractivity contribution in [2.45, 2.75) is 33.1 Å². The highest BCUT2D eigenvalue weighted by atomic mass is 16.2. The fourth-order valence-corrected chi connectivity index (χ4v) is 3.10. The molecule has 0 spiro atoms. The smallest absolute Gasteiger partial charge is 0.230 e. The van der Waals surface area contributed by atoms with E-state index in [2.05, 4.69) is 24.4 Å². The Labute approximate surface area is 114 Å². The van der Waals surface area contributed by atoms with Gasteiger partial charge in [-0.2, -0.15) is 0 Å². The number of hydrogen-bond acceptors (Lipinski definition) is 2. The van der Waals surface area contributed by atoms with Crippen LogP contribution in [0.5, 0.6) is 0 Å². The molecule has 19 heavy (non-hydrogen) atoms. The normalized spacial score (nSPS) is 25.3. The maximum Gasteiger partial charge on any atom is 0.230 e. The van der Waals surface area contributed by atoms with Crippen LogP contribution in [-0.4, -0.2) is 11.8 Å². The van der Waals surface area contributed by atoms with Gasteiger partial charge >= 0.3 is 0 Å². The van der Waals surface area contributed by atoms with E-state index in [0.717, 1.165) is 0 Å². The summed E-state index contributed by atoms with van der Waals surface area (Å²) in [5, 5.41) is 2.47. The van der Waals surface area contributed by atoms with Gasteiger partial charge in [0, 0.05) is 12.3 Å². The van der Waals surface area contributed by atoms with E-state index in [-0.39, 0.29) is 35.5 Å². The van der Waals surface area contributed by atoms with E-state index < -0.39 is 0 Å². The van der Waals surface area contributed by atoms with E-state index >= 15 is 0 Å². The summed E-state index contributed by atoms with van der Waals surface area (Å²) >= 11 is 0. The lowest BCUT2D eigenvalue weighted by molar-refractivity contribution is -0.141. The Morgan fingerprint density at radius 2 is 1.74 bits per heavy atom. The van der Waals surface area contributed by atoms with Crippen LogP contribution in [0, 0.1) is 17.8 Å². The fourth-order valence-electron chi connectivity index (χ4n) is 3.10. The van der Waals surface area contributed by atoms with Gasteiger partial charge in [0.1, 0.15) is 0 Å². The molecule has 3 unspecified atom stereocenters. The largest absolute Gasteiger partial charge is 0.296 e. The number of benzene rings is 1. The van der Waals surface area contributed by atoms with E-state index in [1.165, 1.54) is 5.56 Å². The number of hydrogen-bond donors (Lipinski definition) is 1. The van der Waals surface area contributed by atoms with E-state index in [1.807, 2.05) is 32.0 Å². The number of rotatable bonds is 3. The van der Waals surface area contributed by atoms with Crippen molar-refractivity contribution in [2.75, 3.05) is 0 Å². The average molecular weight is 259 g/mol. The van der Waals surface area contributed by atoms with Gasteiger partial charge in [0.25, 0.3) is 0 Å². The van der Waals surface area contributed by atoms with Crippen molar-refractivity contribution >= 4 is 11.8 Å². The molecule has 1 aliphatic rings. The van der Waals surface area contributed by atoms with Crippen LogP contribution in [0.4, 0.5) is 0 Å². The number of imide groups is 1. The number of carbonyl (C=O) groups is 2. The first-order chi connectivity index (χ1) is 9.00. The summed E-state index contributed by atoms with van der Waals surface area (Å²) in [5.74, 6) is 0.193. The Kier molecular flexibility index (Phi) is 4.03. The van der Waals surface area contributed by atoms with Crippen molar-refractivity contribution in [2.24, 2.45) is 17.8 Å². The van der Waals surface area contributed by atoms with Crippen molar-refractivity contribution in [3.05, 3.63) is 35.9 Å². The Morgan fingerprint density at radius 3 is 2.32 bits per heavy atom. The molecule has 3 heteroatoms. The number of nitrogens with one attached hydrogen (secondary N) is 1. The second kappa shape index (κ2) is 5.55. The summed E-state index contributed by atoms with van der Waals surface area (Å²) < 4.78 is 0. The van der Waals surface area contributed by atoms with Gasteiger partial charge in [0.15, 0.2) is 0 Å². The predicted octanol–water partition coefficient (Wildman–Crippen LogP) is 2.73. The highest BCUT2D eigenvalue weighted by Crippen LogP contribution is 2.38. The number of carbonyl (C=O) groups excluding carboxylic acids is 2. The third kappa shape index (κ3) is 2.86. The third-order valence-electron chi connectivity index (χ3n) is 4.13. The Balaban J connectivity index is 2.28. The van der Waals surface area contributed by atoms with Gasteiger partial charge in [-0.15, -0.1) is 0 Å². The molecule has 1 saturated heterocycles. The molecular formula is C16H21NO2. The molecule has 3 atom stereocenters. The fraction of sp³-hybridized carbons (Fsp3) is 0.500. The highest BCUT2D eigenvalue weighted by molar-refractivity contribution is 5.99. The molecule has 0 bridgehead atoms. The van der Waals surface area contributed by atoms with Gasteiger partial charge in [-0.1, -0.05) is 51.1 Å². The van der Waals surface area contributed by atoms with Gasteiger partial charge < -0.3 is 0 Å². The number of piperidine rings is 1. The quantitative estimate of drug-likeness (QED) is 0.848. The monoisotopic (exact) mass is 259 g/mol. The molecule has 1 aromatic rings. The molecule has 1 fully saturated rings. The Bertz CT molecular complexity index is 467. The van der Waals surface area contributed by atoms with Crippen LogP contribution in [0.2, 0.25) is 0 Å². The zero-order valence-electron chi connectivity index (χ0n) is 11.7.